The second-order valence-corrected chi connectivity index (χ2v) is 5.82. The van der Waals surface area contributed by atoms with Crippen molar-refractivity contribution in [1.29, 1.82) is 0 Å². The summed E-state index contributed by atoms with van der Waals surface area (Å²) in [6.45, 7) is 7.41. The number of carbonyl (C=O) groups is 1. The molecule has 0 atom stereocenters. The fraction of sp³-hybridized carbons (Fsp3) is 0.316. The van der Waals surface area contributed by atoms with Gasteiger partial charge in [-0.05, 0) is 62.7 Å². The van der Waals surface area contributed by atoms with Gasteiger partial charge in [-0.3, -0.25) is 4.79 Å². The molecule has 0 saturated carbocycles. The molecule has 0 aromatic heterocycles. The maximum atomic E-state index is 12.1. The van der Waals surface area contributed by atoms with E-state index in [1.54, 1.807) is 24.3 Å². The average molecular weight is 312 g/mol. The number of phenols is 1. The van der Waals surface area contributed by atoms with E-state index in [1.807, 2.05) is 24.3 Å². The van der Waals surface area contributed by atoms with Crippen molar-refractivity contribution in [2.45, 2.75) is 33.2 Å². The fourth-order valence-corrected chi connectivity index (χ4v) is 2.59. The molecule has 0 fully saturated rings. The normalized spacial score (nSPS) is 10.6. The van der Waals surface area contributed by atoms with E-state index in [0.717, 1.165) is 23.5 Å². The van der Waals surface area contributed by atoms with Crippen LogP contribution in [0.2, 0.25) is 0 Å². The number of amides is 1. The lowest BCUT2D eigenvalue weighted by Crippen LogP contribution is -2.30. The quantitative estimate of drug-likeness (QED) is 0.853. The molecule has 2 aromatic carbocycles. The Labute approximate surface area is 137 Å². The van der Waals surface area contributed by atoms with Crippen LogP contribution in [0.1, 0.15) is 26.3 Å². The van der Waals surface area contributed by atoms with Crippen LogP contribution in [0, 0.1) is 0 Å². The summed E-state index contributed by atoms with van der Waals surface area (Å²) in [6, 6.07) is 15.0. The first-order valence-corrected chi connectivity index (χ1v) is 7.94. The van der Waals surface area contributed by atoms with Crippen LogP contribution in [0.3, 0.4) is 0 Å². The van der Waals surface area contributed by atoms with Crippen molar-refractivity contribution >= 4 is 17.3 Å². The second-order valence-electron chi connectivity index (χ2n) is 5.82. The Morgan fingerprint density at radius 1 is 1.09 bits per heavy atom. The number of carbonyl (C=O) groups excluding carboxylic acids is 1. The summed E-state index contributed by atoms with van der Waals surface area (Å²) < 4.78 is 0. The molecule has 0 spiro atoms. The van der Waals surface area contributed by atoms with E-state index in [-0.39, 0.29) is 18.1 Å². The number of aromatic hydroxyl groups is 1. The molecular formula is C19H24N2O2. The first-order chi connectivity index (χ1) is 11.0. The molecule has 4 nitrogen and oxygen atoms in total. The Balaban J connectivity index is 1.97. The number of benzene rings is 2. The molecule has 2 aromatic rings. The molecule has 0 unspecified atom stereocenters. The minimum Gasteiger partial charge on any atom is -0.508 e. The minimum atomic E-state index is -0.0698. The predicted molar refractivity (Wildman–Crippen MR) is 95.0 cm³/mol. The molecule has 0 bridgehead atoms. The number of rotatable bonds is 6. The number of nitrogens with zero attached hydrogens (tertiary/aromatic N) is 1. The highest BCUT2D eigenvalue weighted by Gasteiger charge is 2.09. The molecule has 0 aliphatic rings. The lowest BCUT2D eigenvalue weighted by atomic mass is 10.1. The van der Waals surface area contributed by atoms with E-state index in [9.17, 15) is 9.90 Å². The Morgan fingerprint density at radius 2 is 1.70 bits per heavy atom. The topological polar surface area (TPSA) is 52.6 Å². The summed E-state index contributed by atoms with van der Waals surface area (Å²) in [7, 11) is 0. The van der Waals surface area contributed by atoms with Crippen LogP contribution in [0.5, 0.6) is 5.75 Å². The molecule has 2 N–H and O–H groups in total. The Morgan fingerprint density at radius 3 is 2.22 bits per heavy atom. The zero-order chi connectivity index (χ0) is 16.8. The van der Waals surface area contributed by atoms with Crippen LogP contribution in [0.4, 0.5) is 11.4 Å². The lowest BCUT2D eigenvalue weighted by Gasteiger charge is -2.27. The highest BCUT2D eigenvalue weighted by Crippen LogP contribution is 2.20. The van der Waals surface area contributed by atoms with Crippen molar-refractivity contribution < 1.29 is 9.90 Å². The summed E-state index contributed by atoms with van der Waals surface area (Å²) in [5.74, 6) is 0.134. The Bertz CT molecular complexity index is 633. The third-order valence-electron chi connectivity index (χ3n) is 3.75. The van der Waals surface area contributed by atoms with Gasteiger partial charge in [0, 0.05) is 24.0 Å². The first-order valence-electron chi connectivity index (χ1n) is 7.94. The van der Waals surface area contributed by atoms with Gasteiger partial charge in [-0.15, -0.1) is 0 Å². The third kappa shape index (κ3) is 4.74. The molecule has 0 heterocycles. The smallest absolute Gasteiger partial charge is 0.228 e. The van der Waals surface area contributed by atoms with Crippen molar-refractivity contribution in [3.05, 3.63) is 54.1 Å². The lowest BCUT2D eigenvalue weighted by molar-refractivity contribution is -0.115. The van der Waals surface area contributed by atoms with Crippen molar-refractivity contribution in [2.24, 2.45) is 0 Å². The Hall–Kier alpha value is -2.49. The van der Waals surface area contributed by atoms with Gasteiger partial charge < -0.3 is 15.3 Å². The molecule has 0 aliphatic carbocycles. The van der Waals surface area contributed by atoms with Gasteiger partial charge in [-0.1, -0.05) is 12.1 Å². The van der Waals surface area contributed by atoms with Gasteiger partial charge in [0.15, 0.2) is 0 Å². The van der Waals surface area contributed by atoms with E-state index >= 15 is 0 Å². The third-order valence-corrected chi connectivity index (χ3v) is 3.75. The first kappa shape index (κ1) is 16.9. The zero-order valence-corrected chi connectivity index (χ0v) is 13.9. The van der Waals surface area contributed by atoms with Crippen molar-refractivity contribution in [3.63, 3.8) is 0 Å². The molecule has 0 radical (unpaired) electrons. The summed E-state index contributed by atoms with van der Waals surface area (Å²) >= 11 is 0. The molecule has 2 rings (SSSR count). The summed E-state index contributed by atoms with van der Waals surface area (Å²) in [4.78, 5) is 14.4. The maximum absolute atomic E-state index is 12.1. The van der Waals surface area contributed by atoms with Gasteiger partial charge in [0.1, 0.15) is 5.75 Å². The van der Waals surface area contributed by atoms with E-state index < -0.39 is 0 Å². The van der Waals surface area contributed by atoms with Crippen LogP contribution in [-0.2, 0) is 11.2 Å². The minimum absolute atomic E-state index is 0.0698. The van der Waals surface area contributed by atoms with Gasteiger partial charge in [0.2, 0.25) is 5.91 Å². The van der Waals surface area contributed by atoms with Crippen molar-refractivity contribution in [2.75, 3.05) is 16.8 Å². The van der Waals surface area contributed by atoms with Gasteiger partial charge in [-0.2, -0.15) is 0 Å². The van der Waals surface area contributed by atoms with Crippen LogP contribution in [0.25, 0.3) is 0 Å². The molecule has 1 amide bonds. The van der Waals surface area contributed by atoms with Gasteiger partial charge >= 0.3 is 0 Å². The molecule has 0 saturated heterocycles. The van der Waals surface area contributed by atoms with Gasteiger partial charge in [-0.25, -0.2) is 0 Å². The number of phenolic OH excluding ortho intramolecular Hbond substituents is 1. The van der Waals surface area contributed by atoms with Crippen LogP contribution in [-0.4, -0.2) is 23.6 Å². The van der Waals surface area contributed by atoms with E-state index in [2.05, 4.69) is 31.0 Å². The van der Waals surface area contributed by atoms with Gasteiger partial charge in [0.25, 0.3) is 0 Å². The Kier molecular flexibility index (Phi) is 5.63. The summed E-state index contributed by atoms with van der Waals surface area (Å²) in [5.41, 5.74) is 2.81. The SMILES string of the molecule is CCN(c1ccc(NC(=O)Cc2ccc(O)cc2)cc1)C(C)C. The van der Waals surface area contributed by atoms with Crippen molar-refractivity contribution in [1.82, 2.24) is 0 Å². The maximum Gasteiger partial charge on any atom is 0.228 e. The zero-order valence-electron chi connectivity index (χ0n) is 13.9. The number of anilines is 2. The predicted octanol–water partition coefficient (Wildman–Crippen LogP) is 3.81. The van der Waals surface area contributed by atoms with Crippen LogP contribution < -0.4 is 10.2 Å². The highest BCUT2D eigenvalue weighted by molar-refractivity contribution is 5.92. The number of hydrogen-bond acceptors (Lipinski definition) is 3. The van der Waals surface area contributed by atoms with E-state index in [4.69, 9.17) is 0 Å². The summed E-state index contributed by atoms with van der Waals surface area (Å²) in [6.07, 6.45) is 0.287. The molecular weight excluding hydrogens is 288 g/mol. The number of nitrogens with one attached hydrogen (secondary N) is 1. The van der Waals surface area contributed by atoms with Crippen LogP contribution >= 0.6 is 0 Å². The largest absolute Gasteiger partial charge is 0.508 e. The number of hydrogen-bond donors (Lipinski definition) is 2. The average Bonchev–Trinajstić information content (AvgIpc) is 2.51. The van der Waals surface area contributed by atoms with Crippen LogP contribution in [0.15, 0.2) is 48.5 Å². The van der Waals surface area contributed by atoms with Crippen molar-refractivity contribution in [3.8, 4) is 5.75 Å². The van der Waals surface area contributed by atoms with Gasteiger partial charge in [0.05, 0.1) is 6.42 Å². The molecule has 122 valence electrons. The highest BCUT2D eigenvalue weighted by atomic mass is 16.3. The molecule has 23 heavy (non-hydrogen) atoms. The second kappa shape index (κ2) is 7.68. The monoisotopic (exact) mass is 312 g/mol. The van der Waals surface area contributed by atoms with E-state index in [0.29, 0.717) is 6.04 Å². The van der Waals surface area contributed by atoms with E-state index in [1.165, 1.54) is 0 Å². The standard InChI is InChI=1S/C19H24N2O2/c1-4-21(14(2)3)17-9-7-16(8-10-17)20-19(23)13-15-5-11-18(22)12-6-15/h5-12,14,22H,4,13H2,1-3H3,(H,20,23). The fourth-order valence-electron chi connectivity index (χ4n) is 2.59. The molecule has 0 aliphatic heterocycles. The molecule has 4 heteroatoms. The summed E-state index contributed by atoms with van der Waals surface area (Å²) in [5, 5.41) is 12.1.